The van der Waals surface area contributed by atoms with Gasteiger partial charge in [-0.1, -0.05) is 47.3 Å². The van der Waals surface area contributed by atoms with E-state index in [1.807, 2.05) is 66.7 Å². The number of aryl methyl sites for hydroxylation is 1. The van der Waals surface area contributed by atoms with Crippen LogP contribution in [-0.2, 0) is 6.42 Å². The normalized spacial score (nSPS) is 11.0. The summed E-state index contributed by atoms with van der Waals surface area (Å²) in [5.74, 6) is 3.51. The molecule has 2 aromatic carbocycles. The number of pyridine rings is 1. The Morgan fingerprint density at radius 3 is 2.56 bits per heavy atom. The van der Waals surface area contributed by atoms with Crippen LogP contribution < -0.4 is 4.74 Å². The summed E-state index contributed by atoms with van der Waals surface area (Å²) in [6.07, 6.45) is 4.96. The summed E-state index contributed by atoms with van der Waals surface area (Å²) in [4.78, 5) is 8.51. The van der Waals surface area contributed by atoms with E-state index < -0.39 is 0 Å². The van der Waals surface area contributed by atoms with Crippen molar-refractivity contribution in [1.29, 1.82) is 0 Å². The highest BCUT2D eigenvalue weighted by Crippen LogP contribution is 2.33. The Labute approximate surface area is 201 Å². The van der Waals surface area contributed by atoms with Crippen molar-refractivity contribution in [1.82, 2.24) is 29.9 Å². The molecular weight excluding hydrogens is 448 g/mol. The zero-order valence-corrected chi connectivity index (χ0v) is 19.4. The van der Waals surface area contributed by atoms with Gasteiger partial charge < -0.3 is 9.26 Å². The zero-order valence-electron chi connectivity index (χ0n) is 18.5. The molecule has 0 radical (unpaired) electrons. The van der Waals surface area contributed by atoms with Gasteiger partial charge >= 0.3 is 0 Å². The molecule has 0 bridgehead atoms. The van der Waals surface area contributed by atoms with E-state index >= 15 is 0 Å². The van der Waals surface area contributed by atoms with Crippen molar-refractivity contribution in [3.05, 3.63) is 85.0 Å². The van der Waals surface area contributed by atoms with E-state index in [1.54, 1.807) is 31.3 Å². The summed E-state index contributed by atoms with van der Waals surface area (Å²) in [5, 5.41) is 13.9. The van der Waals surface area contributed by atoms with Crippen LogP contribution >= 0.6 is 11.8 Å². The van der Waals surface area contributed by atoms with E-state index in [0.29, 0.717) is 18.1 Å². The van der Waals surface area contributed by atoms with Gasteiger partial charge in [0, 0.05) is 35.8 Å². The number of para-hydroxylation sites is 2. The molecular formula is C25H22N6O2S. The average Bonchev–Trinajstić information content (AvgIpc) is 3.55. The van der Waals surface area contributed by atoms with Crippen molar-refractivity contribution in [3.8, 4) is 34.2 Å². The first-order valence-electron chi connectivity index (χ1n) is 10.8. The summed E-state index contributed by atoms with van der Waals surface area (Å²) in [6, 6.07) is 21.7. The molecule has 0 amide bonds. The van der Waals surface area contributed by atoms with Crippen LogP contribution in [0.25, 0.3) is 28.5 Å². The second kappa shape index (κ2) is 10.3. The topological polar surface area (TPSA) is 91.8 Å². The van der Waals surface area contributed by atoms with E-state index in [9.17, 15) is 0 Å². The Morgan fingerprint density at radius 1 is 0.941 bits per heavy atom. The van der Waals surface area contributed by atoms with Gasteiger partial charge in [0.1, 0.15) is 5.75 Å². The highest BCUT2D eigenvalue weighted by Gasteiger charge is 2.19. The fourth-order valence-electron chi connectivity index (χ4n) is 3.54. The van der Waals surface area contributed by atoms with Crippen LogP contribution in [0, 0.1) is 0 Å². The number of rotatable bonds is 9. The maximum atomic E-state index is 5.57. The van der Waals surface area contributed by atoms with E-state index in [-0.39, 0.29) is 0 Å². The maximum absolute atomic E-state index is 5.57. The van der Waals surface area contributed by atoms with Gasteiger partial charge in [-0.3, -0.25) is 9.55 Å². The molecule has 0 N–H and O–H groups in total. The lowest BCUT2D eigenvalue weighted by Crippen LogP contribution is -2.01. The minimum absolute atomic E-state index is 0.579. The third kappa shape index (κ3) is 4.69. The Morgan fingerprint density at radius 2 is 1.74 bits per heavy atom. The quantitative estimate of drug-likeness (QED) is 0.217. The molecule has 0 unspecified atom stereocenters. The van der Waals surface area contributed by atoms with Crippen molar-refractivity contribution in [2.45, 2.75) is 18.0 Å². The van der Waals surface area contributed by atoms with Crippen molar-refractivity contribution in [2.75, 3.05) is 12.9 Å². The highest BCUT2D eigenvalue weighted by atomic mass is 32.2. The molecule has 0 aliphatic carbocycles. The van der Waals surface area contributed by atoms with Crippen molar-refractivity contribution in [2.24, 2.45) is 0 Å². The summed E-state index contributed by atoms with van der Waals surface area (Å²) in [5.41, 5.74) is 2.77. The van der Waals surface area contributed by atoms with Gasteiger partial charge in [0.2, 0.25) is 11.7 Å². The number of hydrogen-bond donors (Lipinski definition) is 0. The largest absolute Gasteiger partial charge is 0.496 e. The number of benzene rings is 2. The molecule has 0 aliphatic rings. The van der Waals surface area contributed by atoms with Crippen LogP contribution in [-0.4, -0.2) is 42.8 Å². The second-order valence-corrected chi connectivity index (χ2v) is 8.44. The molecule has 5 aromatic rings. The molecule has 3 aromatic heterocycles. The number of ether oxygens (including phenoxy) is 1. The number of nitrogens with zero attached hydrogens (tertiary/aromatic N) is 6. The van der Waals surface area contributed by atoms with E-state index in [0.717, 1.165) is 45.7 Å². The SMILES string of the molecule is COc1ccccc1-c1nnc(SCCCc2nc(-c3ccncc3)no2)n1-c1ccccc1. The lowest BCUT2D eigenvalue weighted by Gasteiger charge is -2.12. The molecule has 0 spiro atoms. The van der Waals surface area contributed by atoms with Gasteiger partial charge in [-0.05, 0) is 42.8 Å². The summed E-state index contributed by atoms with van der Waals surface area (Å²) in [6.45, 7) is 0. The molecule has 3 heterocycles. The first kappa shape index (κ1) is 21.8. The number of thioether (sulfide) groups is 1. The van der Waals surface area contributed by atoms with Crippen molar-refractivity contribution in [3.63, 3.8) is 0 Å². The van der Waals surface area contributed by atoms with Gasteiger partial charge in [-0.15, -0.1) is 10.2 Å². The molecule has 0 fully saturated rings. The standard InChI is InChI=1S/C25H22N6O2S/c1-32-21-11-6-5-10-20(21)24-28-29-25(31(24)19-8-3-2-4-9-19)34-17-7-12-22-27-23(30-33-22)18-13-15-26-16-14-18/h2-6,8-11,13-16H,7,12,17H2,1H3. The Kier molecular flexibility index (Phi) is 6.62. The summed E-state index contributed by atoms with van der Waals surface area (Å²) >= 11 is 1.64. The van der Waals surface area contributed by atoms with Gasteiger partial charge in [0.15, 0.2) is 11.0 Å². The predicted octanol–water partition coefficient (Wildman–Crippen LogP) is 5.11. The van der Waals surface area contributed by atoms with Gasteiger partial charge in [0.25, 0.3) is 0 Å². The molecule has 0 saturated heterocycles. The van der Waals surface area contributed by atoms with Gasteiger partial charge in [-0.2, -0.15) is 4.98 Å². The molecule has 34 heavy (non-hydrogen) atoms. The third-order valence-electron chi connectivity index (χ3n) is 5.17. The van der Waals surface area contributed by atoms with Crippen LogP contribution in [0.3, 0.4) is 0 Å². The minimum Gasteiger partial charge on any atom is -0.496 e. The lowest BCUT2D eigenvalue weighted by molar-refractivity contribution is 0.378. The van der Waals surface area contributed by atoms with E-state index in [2.05, 4.69) is 29.9 Å². The number of methoxy groups -OCH3 is 1. The second-order valence-electron chi connectivity index (χ2n) is 7.38. The lowest BCUT2D eigenvalue weighted by atomic mass is 10.2. The summed E-state index contributed by atoms with van der Waals surface area (Å²) < 4.78 is 13.0. The molecule has 0 saturated carbocycles. The molecule has 0 atom stereocenters. The van der Waals surface area contributed by atoms with Crippen molar-refractivity contribution < 1.29 is 9.26 Å². The first-order chi connectivity index (χ1) is 16.8. The van der Waals surface area contributed by atoms with Gasteiger partial charge in [0.05, 0.1) is 12.7 Å². The molecule has 5 rings (SSSR count). The van der Waals surface area contributed by atoms with Crippen LogP contribution in [0.15, 0.2) is 88.8 Å². The smallest absolute Gasteiger partial charge is 0.226 e. The fourth-order valence-corrected chi connectivity index (χ4v) is 4.43. The van der Waals surface area contributed by atoms with Gasteiger partial charge in [-0.25, -0.2) is 0 Å². The van der Waals surface area contributed by atoms with Crippen LogP contribution in [0.2, 0.25) is 0 Å². The molecule has 170 valence electrons. The van der Waals surface area contributed by atoms with E-state index in [4.69, 9.17) is 9.26 Å². The number of hydrogen-bond acceptors (Lipinski definition) is 8. The maximum Gasteiger partial charge on any atom is 0.226 e. The Hall–Kier alpha value is -3.98. The number of aromatic nitrogens is 6. The van der Waals surface area contributed by atoms with Crippen LogP contribution in [0.1, 0.15) is 12.3 Å². The van der Waals surface area contributed by atoms with Crippen molar-refractivity contribution >= 4 is 11.8 Å². The van der Waals surface area contributed by atoms with Crippen LogP contribution in [0.5, 0.6) is 5.75 Å². The predicted molar refractivity (Wildman–Crippen MR) is 130 cm³/mol. The Balaban J connectivity index is 1.32. The molecule has 8 nitrogen and oxygen atoms in total. The zero-order chi connectivity index (χ0) is 23.2. The Bertz CT molecular complexity index is 1350. The summed E-state index contributed by atoms with van der Waals surface area (Å²) in [7, 11) is 1.66. The molecule has 0 aliphatic heterocycles. The van der Waals surface area contributed by atoms with E-state index in [1.165, 1.54) is 0 Å². The average molecular weight is 471 g/mol. The highest BCUT2D eigenvalue weighted by molar-refractivity contribution is 7.99. The third-order valence-corrected chi connectivity index (χ3v) is 6.18. The fraction of sp³-hybridized carbons (Fsp3) is 0.160. The molecule has 9 heteroatoms. The van der Waals surface area contributed by atoms with Crippen LogP contribution in [0.4, 0.5) is 0 Å². The minimum atomic E-state index is 0.579. The monoisotopic (exact) mass is 470 g/mol. The first-order valence-corrected chi connectivity index (χ1v) is 11.8.